The highest BCUT2D eigenvalue weighted by molar-refractivity contribution is 14.1. The van der Waals surface area contributed by atoms with E-state index >= 15 is 0 Å². The Balaban J connectivity index is 2.18. The second-order valence-corrected chi connectivity index (χ2v) is 8.86. The van der Waals surface area contributed by atoms with Gasteiger partial charge in [0.2, 0.25) is 15.9 Å². The number of nitrogens with one attached hydrogen (secondary N) is 1. The van der Waals surface area contributed by atoms with Crippen molar-refractivity contribution in [1.29, 1.82) is 0 Å². The van der Waals surface area contributed by atoms with Crippen molar-refractivity contribution in [3.05, 3.63) is 51.6 Å². The molecule has 0 saturated carbocycles. The SMILES string of the molecule is CCOc1ccc(N(CC(=O)Nc2ccc(I)cc2C)S(C)(=O)=O)cc1. The van der Waals surface area contributed by atoms with E-state index in [1.54, 1.807) is 30.3 Å². The largest absolute Gasteiger partial charge is 0.494 e. The quantitative estimate of drug-likeness (QED) is 0.607. The smallest absolute Gasteiger partial charge is 0.245 e. The first-order valence-corrected chi connectivity index (χ1v) is 10.9. The summed E-state index contributed by atoms with van der Waals surface area (Å²) in [5.41, 5.74) is 1.98. The molecule has 0 aliphatic heterocycles. The van der Waals surface area contributed by atoms with Crippen LogP contribution in [0.1, 0.15) is 12.5 Å². The Kier molecular flexibility index (Phi) is 6.87. The molecule has 0 aliphatic rings. The fourth-order valence-electron chi connectivity index (χ4n) is 2.36. The molecule has 0 bridgehead atoms. The van der Waals surface area contributed by atoms with Crippen LogP contribution < -0.4 is 14.4 Å². The summed E-state index contributed by atoms with van der Waals surface area (Å²) in [6.45, 7) is 3.97. The number of nitrogens with zero attached hydrogens (tertiary/aromatic N) is 1. The number of halogens is 1. The molecule has 6 nitrogen and oxygen atoms in total. The molecule has 0 radical (unpaired) electrons. The number of amides is 1. The van der Waals surface area contributed by atoms with Crippen LogP contribution in [-0.4, -0.2) is 33.7 Å². The Morgan fingerprint density at radius 1 is 1.19 bits per heavy atom. The van der Waals surface area contributed by atoms with E-state index in [0.29, 0.717) is 23.7 Å². The minimum absolute atomic E-state index is 0.307. The molecule has 0 aliphatic carbocycles. The van der Waals surface area contributed by atoms with E-state index in [-0.39, 0.29) is 6.54 Å². The maximum Gasteiger partial charge on any atom is 0.245 e. The first-order chi connectivity index (χ1) is 12.2. The number of carbonyl (C=O) groups excluding carboxylic acids is 1. The summed E-state index contributed by atoms with van der Waals surface area (Å²) >= 11 is 2.19. The van der Waals surface area contributed by atoms with Crippen molar-refractivity contribution in [2.24, 2.45) is 0 Å². The summed E-state index contributed by atoms with van der Waals surface area (Å²) in [7, 11) is -3.62. The molecule has 1 amide bonds. The summed E-state index contributed by atoms with van der Waals surface area (Å²) in [6, 6.07) is 12.2. The van der Waals surface area contributed by atoms with Crippen molar-refractivity contribution in [3.8, 4) is 5.75 Å². The Bertz CT molecular complexity index is 883. The fourth-order valence-corrected chi connectivity index (χ4v) is 3.87. The summed E-state index contributed by atoms with van der Waals surface area (Å²) in [4.78, 5) is 12.4. The minimum atomic E-state index is -3.62. The van der Waals surface area contributed by atoms with Crippen LogP contribution >= 0.6 is 22.6 Å². The number of carbonyl (C=O) groups is 1. The molecule has 2 aromatic rings. The number of ether oxygens (including phenoxy) is 1. The molecule has 0 fully saturated rings. The van der Waals surface area contributed by atoms with Crippen LogP contribution in [0.25, 0.3) is 0 Å². The van der Waals surface area contributed by atoms with Gasteiger partial charge in [-0.15, -0.1) is 0 Å². The van der Waals surface area contributed by atoms with E-state index in [0.717, 1.165) is 19.7 Å². The van der Waals surface area contributed by atoms with Gasteiger partial charge in [0.15, 0.2) is 0 Å². The molecule has 0 atom stereocenters. The van der Waals surface area contributed by atoms with Crippen LogP contribution in [0.5, 0.6) is 5.75 Å². The standard InChI is InChI=1S/C18H21IN2O4S/c1-4-25-16-8-6-15(7-9-16)21(26(3,23)24)12-18(22)20-17-10-5-14(19)11-13(17)2/h5-11H,4,12H2,1-3H3,(H,20,22). The number of hydrogen-bond donors (Lipinski definition) is 1. The molecular weight excluding hydrogens is 467 g/mol. The Labute approximate surface area is 167 Å². The van der Waals surface area contributed by atoms with Crippen LogP contribution in [0.4, 0.5) is 11.4 Å². The minimum Gasteiger partial charge on any atom is -0.494 e. The maximum absolute atomic E-state index is 12.4. The van der Waals surface area contributed by atoms with Crippen molar-refractivity contribution in [1.82, 2.24) is 0 Å². The molecular formula is C18H21IN2O4S. The highest BCUT2D eigenvalue weighted by Gasteiger charge is 2.21. The van der Waals surface area contributed by atoms with E-state index in [2.05, 4.69) is 27.9 Å². The number of sulfonamides is 1. The van der Waals surface area contributed by atoms with E-state index in [4.69, 9.17) is 4.74 Å². The zero-order valence-corrected chi connectivity index (χ0v) is 17.8. The molecule has 0 saturated heterocycles. The van der Waals surface area contributed by atoms with Gasteiger partial charge < -0.3 is 10.1 Å². The Morgan fingerprint density at radius 2 is 1.85 bits per heavy atom. The average molecular weight is 488 g/mol. The van der Waals surface area contributed by atoms with Crippen molar-refractivity contribution < 1.29 is 17.9 Å². The van der Waals surface area contributed by atoms with Gasteiger partial charge in [0.05, 0.1) is 18.6 Å². The Morgan fingerprint density at radius 3 is 2.38 bits per heavy atom. The van der Waals surface area contributed by atoms with Gasteiger partial charge in [-0.3, -0.25) is 9.10 Å². The second kappa shape index (κ2) is 8.72. The van der Waals surface area contributed by atoms with Crippen molar-refractivity contribution in [3.63, 3.8) is 0 Å². The molecule has 0 unspecified atom stereocenters. The normalized spacial score (nSPS) is 11.1. The van der Waals surface area contributed by atoms with Gasteiger partial charge in [-0.05, 0) is 84.5 Å². The zero-order chi connectivity index (χ0) is 19.3. The third kappa shape index (κ3) is 5.60. The van der Waals surface area contributed by atoms with Gasteiger partial charge >= 0.3 is 0 Å². The van der Waals surface area contributed by atoms with Crippen molar-refractivity contribution in [2.45, 2.75) is 13.8 Å². The number of hydrogen-bond acceptors (Lipinski definition) is 4. The summed E-state index contributed by atoms with van der Waals surface area (Å²) in [5.74, 6) is 0.234. The molecule has 0 aromatic heterocycles. The lowest BCUT2D eigenvalue weighted by Gasteiger charge is -2.22. The number of rotatable bonds is 7. The number of benzene rings is 2. The van der Waals surface area contributed by atoms with Gasteiger partial charge in [0.25, 0.3) is 0 Å². The molecule has 140 valence electrons. The van der Waals surface area contributed by atoms with Crippen molar-refractivity contribution >= 4 is 49.9 Å². The highest BCUT2D eigenvalue weighted by atomic mass is 127. The van der Waals surface area contributed by atoms with Crippen LogP contribution in [0, 0.1) is 10.5 Å². The van der Waals surface area contributed by atoms with Crippen molar-refractivity contribution in [2.75, 3.05) is 29.0 Å². The highest BCUT2D eigenvalue weighted by Crippen LogP contribution is 2.22. The van der Waals surface area contributed by atoms with Gasteiger partial charge in [0, 0.05) is 9.26 Å². The molecule has 1 N–H and O–H groups in total. The molecule has 2 aromatic carbocycles. The average Bonchev–Trinajstić information content (AvgIpc) is 2.55. The molecule has 2 rings (SSSR count). The van der Waals surface area contributed by atoms with E-state index in [9.17, 15) is 13.2 Å². The molecule has 26 heavy (non-hydrogen) atoms. The van der Waals surface area contributed by atoms with E-state index in [1.807, 2.05) is 26.0 Å². The van der Waals surface area contributed by atoms with Crippen LogP contribution in [0.3, 0.4) is 0 Å². The maximum atomic E-state index is 12.4. The fraction of sp³-hybridized carbons (Fsp3) is 0.278. The van der Waals surface area contributed by atoms with Gasteiger partial charge in [-0.25, -0.2) is 8.42 Å². The summed E-state index contributed by atoms with van der Waals surface area (Å²) in [6.07, 6.45) is 1.08. The van der Waals surface area contributed by atoms with Gasteiger partial charge in [-0.1, -0.05) is 0 Å². The number of aryl methyl sites for hydroxylation is 1. The van der Waals surface area contributed by atoms with Crippen LogP contribution in [-0.2, 0) is 14.8 Å². The van der Waals surface area contributed by atoms with E-state index in [1.165, 1.54) is 0 Å². The lowest BCUT2D eigenvalue weighted by molar-refractivity contribution is -0.114. The lowest BCUT2D eigenvalue weighted by Crippen LogP contribution is -2.37. The third-order valence-corrected chi connectivity index (χ3v) is 5.40. The van der Waals surface area contributed by atoms with Crippen LogP contribution in [0.15, 0.2) is 42.5 Å². The van der Waals surface area contributed by atoms with E-state index < -0.39 is 15.9 Å². The monoisotopic (exact) mass is 488 g/mol. The van der Waals surface area contributed by atoms with Crippen LogP contribution in [0.2, 0.25) is 0 Å². The Hall–Kier alpha value is -1.81. The first kappa shape index (κ1) is 20.5. The number of anilines is 2. The van der Waals surface area contributed by atoms with Gasteiger partial charge in [0.1, 0.15) is 12.3 Å². The lowest BCUT2D eigenvalue weighted by atomic mass is 10.2. The molecule has 0 heterocycles. The molecule has 8 heteroatoms. The topological polar surface area (TPSA) is 75.7 Å². The second-order valence-electron chi connectivity index (χ2n) is 5.70. The predicted molar refractivity (Wildman–Crippen MR) is 112 cm³/mol. The summed E-state index contributed by atoms with van der Waals surface area (Å²) in [5, 5.41) is 2.77. The zero-order valence-electron chi connectivity index (χ0n) is 14.8. The summed E-state index contributed by atoms with van der Waals surface area (Å²) < 4.78 is 31.8. The predicted octanol–water partition coefficient (Wildman–Crippen LogP) is 3.40. The molecule has 0 spiro atoms. The first-order valence-electron chi connectivity index (χ1n) is 7.97. The third-order valence-electron chi connectivity index (χ3n) is 3.59. The van der Waals surface area contributed by atoms with Gasteiger partial charge in [-0.2, -0.15) is 0 Å².